The lowest BCUT2D eigenvalue weighted by molar-refractivity contribution is 0.0945. The van der Waals surface area contributed by atoms with Crippen LogP contribution < -0.4 is 5.32 Å². The van der Waals surface area contributed by atoms with Crippen molar-refractivity contribution in [2.24, 2.45) is 0 Å². The van der Waals surface area contributed by atoms with Crippen molar-refractivity contribution in [1.29, 1.82) is 0 Å². The molecule has 2 aromatic rings. The van der Waals surface area contributed by atoms with E-state index in [0.29, 0.717) is 10.0 Å². The van der Waals surface area contributed by atoms with Crippen molar-refractivity contribution in [1.82, 2.24) is 15.3 Å². The Morgan fingerprint density at radius 3 is 2.79 bits per heavy atom. The standard InChI is InChI=1S/C13H11BrFN3O/c1-8-5-17-12(7-16-8)13(19)18-6-9-2-3-10(14)4-11(9)15/h2-5,7H,6H2,1H3,(H,18,19). The molecule has 0 aliphatic carbocycles. The highest BCUT2D eigenvalue weighted by molar-refractivity contribution is 9.10. The zero-order chi connectivity index (χ0) is 13.8. The van der Waals surface area contributed by atoms with E-state index in [1.165, 1.54) is 18.5 Å². The van der Waals surface area contributed by atoms with Gasteiger partial charge in [-0.25, -0.2) is 9.37 Å². The van der Waals surface area contributed by atoms with Gasteiger partial charge in [-0.2, -0.15) is 0 Å². The average molecular weight is 324 g/mol. The van der Waals surface area contributed by atoms with Gasteiger partial charge in [0.05, 0.1) is 11.9 Å². The van der Waals surface area contributed by atoms with Crippen LogP contribution in [0.15, 0.2) is 35.1 Å². The van der Waals surface area contributed by atoms with Crippen LogP contribution in [0, 0.1) is 12.7 Å². The van der Waals surface area contributed by atoms with Gasteiger partial charge in [0, 0.05) is 22.8 Å². The lowest BCUT2D eigenvalue weighted by Gasteiger charge is -2.06. The fraction of sp³-hybridized carbons (Fsp3) is 0.154. The smallest absolute Gasteiger partial charge is 0.271 e. The van der Waals surface area contributed by atoms with Crippen molar-refractivity contribution in [3.05, 3.63) is 57.8 Å². The van der Waals surface area contributed by atoms with Gasteiger partial charge in [-0.15, -0.1) is 0 Å². The van der Waals surface area contributed by atoms with E-state index >= 15 is 0 Å². The lowest BCUT2D eigenvalue weighted by atomic mass is 10.2. The molecule has 1 aromatic heterocycles. The van der Waals surface area contributed by atoms with Gasteiger partial charge in [0.15, 0.2) is 0 Å². The summed E-state index contributed by atoms with van der Waals surface area (Å²) in [7, 11) is 0. The van der Waals surface area contributed by atoms with Crippen molar-refractivity contribution >= 4 is 21.8 Å². The van der Waals surface area contributed by atoms with Crippen molar-refractivity contribution < 1.29 is 9.18 Å². The number of carbonyl (C=O) groups is 1. The third-order valence-corrected chi connectivity index (χ3v) is 2.96. The maximum Gasteiger partial charge on any atom is 0.271 e. The highest BCUT2D eigenvalue weighted by Gasteiger charge is 2.09. The first kappa shape index (κ1) is 13.6. The number of rotatable bonds is 3. The minimum absolute atomic E-state index is 0.105. The molecule has 0 fully saturated rings. The number of aromatic nitrogens is 2. The lowest BCUT2D eigenvalue weighted by Crippen LogP contribution is -2.24. The second-order valence-corrected chi connectivity index (χ2v) is 4.88. The van der Waals surface area contributed by atoms with Crippen LogP contribution in [0.25, 0.3) is 0 Å². The quantitative estimate of drug-likeness (QED) is 0.944. The molecule has 1 heterocycles. The Kier molecular flexibility index (Phi) is 4.21. The van der Waals surface area contributed by atoms with Gasteiger partial charge in [0.1, 0.15) is 11.5 Å². The first-order valence-electron chi connectivity index (χ1n) is 5.57. The van der Waals surface area contributed by atoms with Crippen LogP contribution >= 0.6 is 15.9 Å². The van der Waals surface area contributed by atoms with E-state index in [1.807, 2.05) is 0 Å². The molecule has 4 nitrogen and oxygen atoms in total. The van der Waals surface area contributed by atoms with Gasteiger partial charge in [-0.1, -0.05) is 22.0 Å². The maximum atomic E-state index is 13.5. The molecule has 6 heteroatoms. The minimum atomic E-state index is -0.380. The van der Waals surface area contributed by atoms with Gasteiger partial charge < -0.3 is 5.32 Å². The minimum Gasteiger partial charge on any atom is -0.346 e. The fourth-order valence-corrected chi connectivity index (χ4v) is 1.77. The number of nitrogens with one attached hydrogen (secondary N) is 1. The zero-order valence-corrected chi connectivity index (χ0v) is 11.7. The maximum absolute atomic E-state index is 13.5. The molecule has 0 saturated heterocycles. The summed E-state index contributed by atoms with van der Waals surface area (Å²) in [5.74, 6) is -0.750. The van der Waals surface area contributed by atoms with Crippen molar-refractivity contribution in [3.8, 4) is 0 Å². The van der Waals surface area contributed by atoms with Gasteiger partial charge in [-0.05, 0) is 19.1 Å². The molecule has 1 amide bonds. The van der Waals surface area contributed by atoms with E-state index in [2.05, 4.69) is 31.2 Å². The van der Waals surface area contributed by atoms with Crippen LogP contribution in [-0.2, 0) is 6.54 Å². The number of halogens is 2. The Morgan fingerprint density at radius 1 is 1.37 bits per heavy atom. The van der Waals surface area contributed by atoms with Crippen LogP contribution in [0.4, 0.5) is 4.39 Å². The number of amides is 1. The number of hydrogen-bond acceptors (Lipinski definition) is 3. The molecule has 2 rings (SSSR count). The summed E-state index contributed by atoms with van der Waals surface area (Å²) in [6, 6.07) is 4.68. The summed E-state index contributed by atoms with van der Waals surface area (Å²) >= 11 is 3.17. The Bertz CT molecular complexity index is 601. The molecule has 1 aromatic carbocycles. The predicted molar refractivity (Wildman–Crippen MR) is 72.0 cm³/mol. The summed E-state index contributed by atoms with van der Waals surface area (Å²) in [5.41, 5.74) is 1.36. The van der Waals surface area contributed by atoms with Gasteiger partial charge >= 0.3 is 0 Å². The number of nitrogens with zero attached hydrogens (tertiary/aromatic N) is 2. The third kappa shape index (κ3) is 3.57. The van der Waals surface area contributed by atoms with Crippen molar-refractivity contribution in [3.63, 3.8) is 0 Å². The second kappa shape index (κ2) is 5.88. The van der Waals surface area contributed by atoms with Crippen LogP contribution in [0.2, 0.25) is 0 Å². The summed E-state index contributed by atoms with van der Waals surface area (Å²) in [6.45, 7) is 1.89. The molecule has 0 bridgehead atoms. The second-order valence-electron chi connectivity index (χ2n) is 3.96. The highest BCUT2D eigenvalue weighted by Crippen LogP contribution is 2.15. The molecule has 98 valence electrons. The summed E-state index contributed by atoms with van der Waals surface area (Å²) in [5, 5.41) is 2.60. The highest BCUT2D eigenvalue weighted by atomic mass is 79.9. The number of aryl methyl sites for hydroxylation is 1. The molecule has 0 unspecified atom stereocenters. The average Bonchev–Trinajstić information content (AvgIpc) is 2.38. The van der Waals surface area contributed by atoms with Crippen LogP contribution in [0.5, 0.6) is 0 Å². The number of hydrogen-bond donors (Lipinski definition) is 1. The Balaban J connectivity index is 2.02. The number of carbonyl (C=O) groups excluding carboxylic acids is 1. The third-order valence-electron chi connectivity index (χ3n) is 2.47. The molecule has 0 aliphatic heterocycles. The van der Waals surface area contributed by atoms with Gasteiger partial charge in [0.2, 0.25) is 0 Å². The molecule has 0 atom stereocenters. The Labute approximate surface area is 118 Å². The van der Waals surface area contributed by atoms with Crippen molar-refractivity contribution in [2.45, 2.75) is 13.5 Å². The zero-order valence-electron chi connectivity index (χ0n) is 10.2. The molecular formula is C13H11BrFN3O. The van der Waals surface area contributed by atoms with E-state index in [1.54, 1.807) is 19.1 Å². The largest absolute Gasteiger partial charge is 0.346 e. The summed E-state index contributed by atoms with van der Waals surface area (Å²) in [4.78, 5) is 19.7. The Morgan fingerprint density at radius 2 is 2.16 bits per heavy atom. The van der Waals surface area contributed by atoms with Crippen LogP contribution in [-0.4, -0.2) is 15.9 Å². The first-order chi connectivity index (χ1) is 9.06. The SMILES string of the molecule is Cc1cnc(C(=O)NCc2ccc(Br)cc2F)cn1. The van der Waals surface area contributed by atoms with Gasteiger partial charge in [0.25, 0.3) is 5.91 Å². The first-order valence-corrected chi connectivity index (χ1v) is 6.36. The topological polar surface area (TPSA) is 54.9 Å². The van der Waals surface area contributed by atoms with Crippen molar-refractivity contribution in [2.75, 3.05) is 0 Å². The van der Waals surface area contributed by atoms with Crippen LogP contribution in [0.1, 0.15) is 21.7 Å². The van der Waals surface area contributed by atoms with E-state index in [-0.39, 0.29) is 24.0 Å². The molecule has 0 saturated carbocycles. The Hall–Kier alpha value is -1.82. The predicted octanol–water partition coefficient (Wildman–Crippen LogP) is 2.62. The van der Waals surface area contributed by atoms with E-state index < -0.39 is 0 Å². The molecule has 0 spiro atoms. The normalized spacial score (nSPS) is 10.3. The van der Waals surface area contributed by atoms with E-state index in [4.69, 9.17) is 0 Å². The van der Waals surface area contributed by atoms with Crippen LogP contribution in [0.3, 0.4) is 0 Å². The molecule has 19 heavy (non-hydrogen) atoms. The summed E-state index contributed by atoms with van der Waals surface area (Å²) in [6.07, 6.45) is 2.90. The van der Waals surface area contributed by atoms with Gasteiger partial charge in [-0.3, -0.25) is 9.78 Å². The molecular weight excluding hydrogens is 313 g/mol. The molecule has 0 radical (unpaired) electrons. The summed E-state index contributed by atoms with van der Waals surface area (Å²) < 4.78 is 14.2. The fourth-order valence-electron chi connectivity index (χ4n) is 1.44. The molecule has 0 aliphatic rings. The number of benzene rings is 1. The van der Waals surface area contributed by atoms with E-state index in [0.717, 1.165) is 5.69 Å². The van der Waals surface area contributed by atoms with E-state index in [9.17, 15) is 9.18 Å². The monoisotopic (exact) mass is 323 g/mol. The molecule has 1 N–H and O–H groups in total.